The van der Waals surface area contributed by atoms with E-state index >= 15 is 0 Å². The molecule has 1 heterocycles. The van der Waals surface area contributed by atoms with Gasteiger partial charge in [-0.1, -0.05) is 12.5 Å². The number of carbonyl (C=O) groups excluding carboxylic acids is 1. The van der Waals surface area contributed by atoms with Crippen molar-refractivity contribution in [3.63, 3.8) is 0 Å². The third kappa shape index (κ3) is 3.64. The molecule has 1 aromatic rings. The summed E-state index contributed by atoms with van der Waals surface area (Å²) in [5.41, 5.74) is 0.526. The second kappa shape index (κ2) is 6.73. The van der Waals surface area contributed by atoms with E-state index in [2.05, 4.69) is 10.2 Å². The van der Waals surface area contributed by atoms with Crippen LogP contribution in [0.5, 0.6) is 0 Å². The van der Waals surface area contributed by atoms with Crippen LogP contribution in [0.15, 0.2) is 18.2 Å². The van der Waals surface area contributed by atoms with Crippen molar-refractivity contribution in [1.29, 1.82) is 0 Å². The van der Waals surface area contributed by atoms with Crippen molar-refractivity contribution in [2.75, 3.05) is 13.1 Å². The van der Waals surface area contributed by atoms with Crippen LogP contribution in [0.1, 0.15) is 37.7 Å². The Kier molecular flexibility index (Phi) is 4.71. The summed E-state index contributed by atoms with van der Waals surface area (Å²) in [6, 6.07) is 3.97. The molecule has 2 aliphatic rings. The zero-order valence-electron chi connectivity index (χ0n) is 12.7. The lowest BCUT2D eigenvalue weighted by Gasteiger charge is -2.34. The number of benzene rings is 1. The van der Waals surface area contributed by atoms with Gasteiger partial charge in [0.25, 0.3) is 0 Å². The number of rotatable bonds is 4. The number of halogens is 2. The summed E-state index contributed by atoms with van der Waals surface area (Å²) in [7, 11) is 0. The Balaban J connectivity index is 1.46. The lowest BCUT2D eigenvalue weighted by Crippen LogP contribution is -2.47. The highest BCUT2D eigenvalue weighted by Crippen LogP contribution is 2.27. The van der Waals surface area contributed by atoms with Gasteiger partial charge in [0, 0.05) is 43.2 Å². The molecule has 3 nitrogen and oxygen atoms in total. The molecule has 2 fully saturated rings. The zero-order chi connectivity index (χ0) is 15.5. The van der Waals surface area contributed by atoms with E-state index in [0.717, 1.165) is 44.8 Å². The van der Waals surface area contributed by atoms with E-state index in [4.69, 9.17) is 0 Å². The number of hydrogen-bond donors (Lipinski definition) is 1. The van der Waals surface area contributed by atoms with Crippen molar-refractivity contribution in [2.24, 2.45) is 5.92 Å². The summed E-state index contributed by atoms with van der Waals surface area (Å²) >= 11 is 0. The van der Waals surface area contributed by atoms with Gasteiger partial charge in [-0.15, -0.1) is 0 Å². The molecule has 3 rings (SSSR count). The van der Waals surface area contributed by atoms with Crippen molar-refractivity contribution < 1.29 is 13.6 Å². The number of nitrogens with one attached hydrogen (secondary N) is 1. The summed E-state index contributed by atoms with van der Waals surface area (Å²) in [6.45, 7) is 2.15. The predicted octanol–water partition coefficient (Wildman–Crippen LogP) is 2.85. The summed E-state index contributed by atoms with van der Waals surface area (Å²) in [5, 5.41) is 3.13. The number of amides is 1. The molecule has 0 aromatic heterocycles. The summed E-state index contributed by atoms with van der Waals surface area (Å²) in [5.74, 6) is -0.598. The van der Waals surface area contributed by atoms with Crippen molar-refractivity contribution in [3.8, 4) is 0 Å². The first-order valence-electron chi connectivity index (χ1n) is 8.08. The molecule has 1 amide bonds. The monoisotopic (exact) mass is 308 g/mol. The fourth-order valence-electron chi connectivity index (χ4n) is 3.12. The van der Waals surface area contributed by atoms with Crippen LogP contribution in [-0.2, 0) is 11.3 Å². The van der Waals surface area contributed by atoms with Crippen molar-refractivity contribution in [3.05, 3.63) is 35.4 Å². The maximum Gasteiger partial charge on any atom is 0.223 e. The van der Waals surface area contributed by atoms with Crippen LogP contribution < -0.4 is 5.32 Å². The SMILES string of the molecule is O=C(NC1CCN(Cc2ccc(F)cc2F)CC1)C1CCC1. The second-order valence-electron chi connectivity index (χ2n) is 6.42. The van der Waals surface area contributed by atoms with Crippen molar-refractivity contribution >= 4 is 5.91 Å². The third-order valence-corrected chi connectivity index (χ3v) is 4.82. The van der Waals surface area contributed by atoms with E-state index < -0.39 is 11.6 Å². The number of nitrogens with zero attached hydrogens (tertiary/aromatic N) is 1. The summed E-state index contributed by atoms with van der Waals surface area (Å²) in [6.07, 6.45) is 4.99. The molecule has 1 saturated carbocycles. The minimum atomic E-state index is -0.543. The van der Waals surface area contributed by atoms with E-state index in [1.807, 2.05) is 0 Å². The molecular weight excluding hydrogens is 286 g/mol. The van der Waals surface area contributed by atoms with E-state index in [1.165, 1.54) is 18.6 Å². The van der Waals surface area contributed by atoms with Gasteiger partial charge in [-0.2, -0.15) is 0 Å². The first-order chi connectivity index (χ1) is 10.6. The lowest BCUT2D eigenvalue weighted by atomic mass is 9.84. The Morgan fingerprint density at radius 3 is 2.50 bits per heavy atom. The number of carbonyl (C=O) groups is 1. The Bertz CT molecular complexity index is 537. The average molecular weight is 308 g/mol. The highest BCUT2D eigenvalue weighted by molar-refractivity contribution is 5.79. The van der Waals surface area contributed by atoms with Gasteiger partial charge in [0.05, 0.1) is 0 Å². The van der Waals surface area contributed by atoms with Gasteiger partial charge in [-0.3, -0.25) is 9.69 Å². The van der Waals surface area contributed by atoms with E-state index in [9.17, 15) is 13.6 Å². The molecule has 0 bridgehead atoms. The van der Waals surface area contributed by atoms with Gasteiger partial charge in [0.15, 0.2) is 0 Å². The highest BCUT2D eigenvalue weighted by atomic mass is 19.1. The number of likely N-dealkylation sites (tertiary alicyclic amines) is 1. The number of piperidine rings is 1. The van der Waals surface area contributed by atoms with Gasteiger partial charge in [-0.25, -0.2) is 8.78 Å². The fourth-order valence-corrected chi connectivity index (χ4v) is 3.12. The van der Waals surface area contributed by atoms with Gasteiger partial charge >= 0.3 is 0 Å². The fraction of sp³-hybridized carbons (Fsp3) is 0.588. The van der Waals surface area contributed by atoms with Crippen LogP contribution in [0.25, 0.3) is 0 Å². The predicted molar refractivity (Wildman–Crippen MR) is 80.1 cm³/mol. The topological polar surface area (TPSA) is 32.3 Å². The van der Waals surface area contributed by atoms with E-state index in [0.29, 0.717) is 12.1 Å². The van der Waals surface area contributed by atoms with E-state index in [1.54, 1.807) is 0 Å². The maximum absolute atomic E-state index is 13.7. The van der Waals surface area contributed by atoms with Gasteiger partial charge < -0.3 is 5.32 Å². The standard InChI is InChI=1S/C17H22F2N2O/c18-14-5-4-13(16(19)10-14)11-21-8-6-15(7-9-21)20-17(22)12-2-1-3-12/h4-5,10,12,15H,1-3,6-9,11H2,(H,20,22). The first-order valence-corrected chi connectivity index (χ1v) is 8.08. The maximum atomic E-state index is 13.7. The molecule has 1 saturated heterocycles. The van der Waals surface area contributed by atoms with E-state index in [-0.39, 0.29) is 17.9 Å². The van der Waals surface area contributed by atoms with Crippen LogP contribution in [0.4, 0.5) is 8.78 Å². The second-order valence-corrected chi connectivity index (χ2v) is 6.42. The van der Waals surface area contributed by atoms with Gasteiger partial charge in [-0.05, 0) is 31.7 Å². The largest absolute Gasteiger partial charge is 0.353 e. The molecule has 22 heavy (non-hydrogen) atoms. The number of hydrogen-bond acceptors (Lipinski definition) is 2. The highest BCUT2D eigenvalue weighted by Gasteiger charge is 2.28. The Morgan fingerprint density at radius 2 is 1.91 bits per heavy atom. The Morgan fingerprint density at radius 1 is 1.18 bits per heavy atom. The average Bonchev–Trinajstić information content (AvgIpc) is 2.42. The Hall–Kier alpha value is -1.49. The molecule has 0 unspecified atom stereocenters. The normalized spacial score (nSPS) is 20.6. The minimum absolute atomic E-state index is 0.203. The van der Waals surface area contributed by atoms with Crippen LogP contribution in [0.2, 0.25) is 0 Å². The van der Waals surface area contributed by atoms with Gasteiger partial charge in [0.1, 0.15) is 11.6 Å². The molecule has 1 N–H and O–H groups in total. The molecule has 1 aliphatic carbocycles. The Labute approximate surface area is 129 Å². The van der Waals surface area contributed by atoms with Gasteiger partial charge in [0.2, 0.25) is 5.91 Å². The molecular formula is C17H22F2N2O. The zero-order valence-corrected chi connectivity index (χ0v) is 12.7. The third-order valence-electron chi connectivity index (χ3n) is 4.82. The van der Waals surface area contributed by atoms with Crippen LogP contribution in [-0.4, -0.2) is 29.9 Å². The first kappa shape index (κ1) is 15.4. The summed E-state index contributed by atoms with van der Waals surface area (Å²) < 4.78 is 26.6. The quantitative estimate of drug-likeness (QED) is 0.927. The molecule has 120 valence electrons. The molecule has 0 radical (unpaired) electrons. The van der Waals surface area contributed by atoms with Crippen molar-refractivity contribution in [2.45, 2.75) is 44.7 Å². The molecule has 0 spiro atoms. The van der Waals surface area contributed by atoms with Crippen molar-refractivity contribution in [1.82, 2.24) is 10.2 Å². The molecule has 5 heteroatoms. The summed E-state index contributed by atoms with van der Waals surface area (Å²) in [4.78, 5) is 14.1. The molecule has 1 aliphatic heterocycles. The lowest BCUT2D eigenvalue weighted by molar-refractivity contribution is -0.128. The van der Waals surface area contributed by atoms with Crippen LogP contribution in [0.3, 0.4) is 0 Å². The minimum Gasteiger partial charge on any atom is -0.353 e. The molecule has 1 aromatic carbocycles. The smallest absolute Gasteiger partial charge is 0.223 e. The van der Waals surface area contributed by atoms with Crippen LogP contribution >= 0.6 is 0 Å². The van der Waals surface area contributed by atoms with Crippen LogP contribution in [0, 0.1) is 17.6 Å². The molecule has 0 atom stereocenters.